The highest BCUT2D eigenvalue weighted by molar-refractivity contribution is 7.80. The normalized spacial score (nSPS) is 14.4. The van der Waals surface area contributed by atoms with Crippen molar-refractivity contribution in [3.05, 3.63) is 0 Å². The van der Waals surface area contributed by atoms with E-state index in [4.69, 9.17) is 18.0 Å². The predicted molar refractivity (Wildman–Crippen MR) is 76.0 cm³/mol. The summed E-state index contributed by atoms with van der Waals surface area (Å²) in [4.78, 5) is 14.2. The Bertz CT molecular complexity index is 258. The first-order valence-electron chi connectivity index (χ1n) is 6.21. The van der Waals surface area contributed by atoms with Crippen LogP contribution < -0.4 is 11.1 Å². The van der Waals surface area contributed by atoms with Gasteiger partial charge in [-0.3, -0.25) is 4.79 Å². The third kappa shape index (κ3) is 5.98. The van der Waals surface area contributed by atoms with Crippen LogP contribution in [0.2, 0.25) is 0 Å². The molecule has 0 heterocycles. The Hall–Kier alpha value is -0.680. The largest absolute Gasteiger partial charge is 0.393 e. The summed E-state index contributed by atoms with van der Waals surface area (Å²) in [6.07, 6.45) is 1.76. The van der Waals surface area contributed by atoms with Crippen LogP contribution in [0.1, 0.15) is 33.6 Å². The van der Waals surface area contributed by atoms with Crippen molar-refractivity contribution in [1.82, 2.24) is 10.2 Å². The molecule has 0 bridgehead atoms. The molecule has 0 aliphatic carbocycles. The summed E-state index contributed by atoms with van der Waals surface area (Å²) in [5, 5.41) is 2.88. The number of likely N-dealkylation sites (N-methyl/N-ethyl adjacent to an activating group) is 1. The van der Waals surface area contributed by atoms with Crippen LogP contribution in [0.5, 0.6) is 0 Å². The van der Waals surface area contributed by atoms with Crippen LogP contribution in [0.3, 0.4) is 0 Å². The third-order valence-electron chi connectivity index (χ3n) is 3.18. The van der Waals surface area contributed by atoms with Gasteiger partial charge >= 0.3 is 0 Å². The fraction of sp³-hybridized carbons (Fsp3) is 0.833. The van der Waals surface area contributed by atoms with Gasteiger partial charge in [0.15, 0.2) is 0 Å². The Kier molecular flexibility index (Phi) is 8.08. The Morgan fingerprint density at radius 1 is 1.41 bits per heavy atom. The summed E-state index contributed by atoms with van der Waals surface area (Å²) in [7, 11) is 2.06. The van der Waals surface area contributed by atoms with E-state index in [2.05, 4.69) is 31.1 Å². The van der Waals surface area contributed by atoms with Gasteiger partial charge in [0, 0.05) is 19.1 Å². The molecule has 3 N–H and O–H groups in total. The molecule has 0 aliphatic heterocycles. The van der Waals surface area contributed by atoms with Gasteiger partial charge in [-0.25, -0.2) is 0 Å². The molecule has 0 radical (unpaired) electrons. The number of rotatable bonds is 8. The first kappa shape index (κ1) is 16.3. The standard InChI is InChI=1S/C12H25N3OS/c1-5-9(3)15(4)8-7-14-12(16)10(6-2)11(13)17/h9-10H,5-8H2,1-4H3,(H2,13,17)(H,14,16). The molecule has 0 aromatic heterocycles. The molecule has 0 fully saturated rings. The number of hydrogen-bond donors (Lipinski definition) is 2. The maximum atomic E-state index is 11.7. The van der Waals surface area contributed by atoms with E-state index < -0.39 is 0 Å². The molecule has 0 aromatic rings. The quantitative estimate of drug-likeness (QED) is 0.642. The average molecular weight is 259 g/mol. The number of nitrogens with zero attached hydrogens (tertiary/aromatic N) is 1. The van der Waals surface area contributed by atoms with Crippen molar-refractivity contribution in [1.29, 1.82) is 0 Å². The zero-order valence-corrected chi connectivity index (χ0v) is 12.1. The lowest BCUT2D eigenvalue weighted by Crippen LogP contribution is -2.42. The van der Waals surface area contributed by atoms with Crippen molar-refractivity contribution < 1.29 is 4.79 Å². The number of hydrogen-bond acceptors (Lipinski definition) is 3. The van der Waals surface area contributed by atoms with E-state index in [1.54, 1.807) is 0 Å². The zero-order chi connectivity index (χ0) is 13.4. The minimum Gasteiger partial charge on any atom is -0.393 e. The fourth-order valence-corrected chi connectivity index (χ4v) is 1.80. The van der Waals surface area contributed by atoms with Crippen LogP contribution in [0.25, 0.3) is 0 Å². The lowest BCUT2D eigenvalue weighted by molar-refractivity contribution is -0.123. The number of amides is 1. The first-order chi connectivity index (χ1) is 7.93. The van der Waals surface area contributed by atoms with Crippen molar-refractivity contribution in [2.75, 3.05) is 20.1 Å². The Balaban J connectivity index is 3.96. The SMILES string of the molecule is CCC(C(=O)NCCN(C)C(C)CC)C(N)=S. The smallest absolute Gasteiger partial charge is 0.229 e. The molecule has 0 rings (SSSR count). The van der Waals surface area contributed by atoms with Crippen molar-refractivity contribution in [3.8, 4) is 0 Å². The van der Waals surface area contributed by atoms with E-state index in [9.17, 15) is 4.79 Å². The van der Waals surface area contributed by atoms with Crippen molar-refractivity contribution in [2.45, 2.75) is 39.7 Å². The second-order valence-electron chi connectivity index (χ2n) is 4.39. The van der Waals surface area contributed by atoms with Gasteiger partial charge < -0.3 is 16.0 Å². The number of carbonyl (C=O) groups is 1. The molecule has 0 spiro atoms. The number of nitrogens with two attached hydrogens (primary N) is 1. The van der Waals surface area contributed by atoms with E-state index in [0.717, 1.165) is 13.0 Å². The van der Waals surface area contributed by atoms with E-state index in [-0.39, 0.29) is 16.8 Å². The second kappa shape index (κ2) is 8.42. The molecule has 0 saturated carbocycles. The van der Waals surface area contributed by atoms with Gasteiger partial charge in [-0.1, -0.05) is 26.1 Å². The molecule has 1 amide bonds. The second-order valence-corrected chi connectivity index (χ2v) is 4.86. The summed E-state index contributed by atoms with van der Waals surface area (Å²) in [6, 6.07) is 0.532. The molecule has 0 saturated heterocycles. The van der Waals surface area contributed by atoms with Crippen LogP contribution in [-0.4, -0.2) is 42.0 Å². The molecule has 17 heavy (non-hydrogen) atoms. The highest BCUT2D eigenvalue weighted by atomic mass is 32.1. The molecule has 100 valence electrons. The van der Waals surface area contributed by atoms with E-state index in [0.29, 0.717) is 19.0 Å². The fourth-order valence-electron chi connectivity index (χ4n) is 1.53. The van der Waals surface area contributed by atoms with Crippen molar-refractivity contribution in [2.24, 2.45) is 11.7 Å². The Morgan fingerprint density at radius 3 is 2.41 bits per heavy atom. The molecule has 2 atom stereocenters. The van der Waals surface area contributed by atoms with Gasteiger partial charge in [-0.2, -0.15) is 0 Å². The maximum absolute atomic E-state index is 11.7. The molecule has 0 aromatic carbocycles. The summed E-state index contributed by atoms with van der Waals surface area (Å²) in [6.45, 7) is 7.72. The van der Waals surface area contributed by atoms with Crippen LogP contribution in [0.15, 0.2) is 0 Å². The number of carbonyl (C=O) groups excluding carboxylic acids is 1. The van der Waals surface area contributed by atoms with Gasteiger partial charge in [0.05, 0.1) is 10.9 Å². The molecular formula is C12H25N3OS. The number of nitrogens with one attached hydrogen (secondary N) is 1. The highest BCUT2D eigenvalue weighted by Crippen LogP contribution is 2.03. The molecule has 5 heteroatoms. The number of thiocarbonyl (C=S) groups is 1. The maximum Gasteiger partial charge on any atom is 0.229 e. The van der Waals surface area contributed by atoms with Gasteiger partial charge in [0.2, 0.25) is 5.91 Å². The van der Waals surface area contributed by atoms with Crippen LogP contribution in [-0.2, 0) is 4.79 Å². The van der Waals surface area contributed by atoms with Crippen molar-refractivity contribution >= 4 is 23.1 Å². The summed E-state index contributed by atoms with van der Waals surface area (Å²) >= 11 is 4.86. The van der Waals surface area contributed by atoms with Gasteiger partial charge in [0.25, 0.3) is 0 Å². The zero-order valence-electron chi connectivity index (χ0n) is 11.3. The first-order valence-corrected chi connectivity index (χ1v) is 6.62. The summed E-state index contributed by atoms with van der Waals surface area (Å²) in [5.41, 5.74) is 5.51. The van der Waals surface area contributed by atoms with E-state index in [1.807, 2.05) is 6.92 Å². The van der Waals surface area contributed by atoms with Crippen molar-refractivity contribution in [3.63, 3.8) is 0 Å². The molecule has 4 nitrogen and oxygen atoms in total. The third-order valence-corrected chi connectivity index (χ3v) is 3.46. The molecule has 2 unspecified atom stereocenters. The van der Waals surface area contributed by atoms with Gasteiger partial charge in [-0.05, 0) is 26.8 Å². The monoisotopic (exact) mass is 259 g/mol. The molecule has 0 aliphatic rings. The van der Waals surface area contributed by atoms with E-state index in [1.165, 1.54) is 0 Å². The lowest BCUT2D eigenvalue weighted by atomic mass is 10.1. The topological polar surface area (TPSA) is 58.4 Å². The van der Waals surface area contributed by atoms with Gasteiger partial charge in [-0.15, -0.1) is 0 Å². The van der Waals surface area contributed by atoms with Crippen LogP contribution in [0.4, 0.5) is 0 Å². The van der Waals surface area contributed by atoms with Crippen LogP contribution >= 0.6 is 12.2 Å². The Labute approximate surface area is 110 Å². The average Bonchev–Trinajstić information content (AvgIpc) is 2.28. The minimum atomic E-state index is -0.334. The minimum absolute atomic E-state index is 0.0578. The highest BCUT2D eigenvalue weighted by Gasteiger charge is 2.18. The van der Waals surface area contributed by atoms with E-state index >= 15 is 0 Å². The predicted octanol–water partition coefficient (Wildman–Crippen LogP) is 1.15. The van der Waals surface area contributed by atoms with Gasteiger partial charge in [0.1, 0.15) is 0 Å². The lowest BCUT2D eigenvalue weighted by Gasteiger charge is -2.24. The van der Waals surface area contributed by atoms with Crippen LogP contribution in [0, 0.1) is 5.92 Å². The Morgan fingerprint density at radius 2 is 2.00 bits per heavy atom. The summed E-state index contributed by atoms with van der Waals surface area (Å²) < 4.78 is 0. The molecular weight excluding hydrogens is 234 g/mol. The summed E-state index contributed by atoms with van der Waals surface area (Å²) in [5.74, 6) is -0.392.